The van der Waals surface area contributed by atoms with Gasteiger partial charge < -0.3 is 18.9 Å². The molecule has 0 saturated carbocycles. The average molecular weight is 541 g/mol. The Morgan fingerprint density at radius 1 is 0.900 bits per heavy atom. The molecule has 1 N–H and O–H groups in total. The van der Waals surface area contributed by atoms with Crippen molar-refractivity contribution in [2.75, 3.05) is 20.3 Å². The Hall–Kier alpha value is -3.98. The van der Waals surface area contributed by atoms with Crippen LogP contribution in [0.2, 0.25) is 0 Å². The molecular weight excluding hydrogens is 508 g/mol. The van der Waals surface area contributed by atoms with Gasteiger partial charge in [-0.25, -0.2) is 4.79 Å². The molecule has 0 radical (unpaired) electrons. The first kappa shape index (κ1) is 26.3. The number of nitrogens with one attached hydrogen (secondary N) is 1. The Morgan fingerprint density at radius 2 is 1.52 bits per heavy atom. The Morgan fingerprint density at radius 3 is 2.12 bits per heavy atom. The van der Waals surface area contributed by atoms with Gasteiger partial charge in [0.25, 0.3) is 5.56 Å². The summed E-state index contributed by atoms with van der Waals surface area (Å²) in [5, 5.41) is 0. The van der Waals surface area contributed by atoms with E-state index in [4.69, 9.17) is 18.9 Å². The molecule has 0 aliphatic carbocycles. The largest absolute Gasteiger partial charge is 0.497 e. The highest BCUT2D eigenvalue weighted by molar-refractivity contribution is 5.48. The first-order valence-corrected chi connectivity index (χ1v) is 13.5. The fourth-order valence-electron chi connectivity index (χ4n) is 6.10. The average Bonchev–Trinajstić information content (AvgIpc) is 3.55. The van der Waals surface area contributed by atoms with E-state index in [2.05, 4.69) is 36.2 Å². The van der Waals surface area contributed by atoms with Crippen molar-refractivity contribution in [1.82, 2.24) is 9.55 Å². The molecule has 1 aromatic heterocycles. The SMILES string of the molecule is COc1ccc(C(OC[C@H]2O[C@@H](n3ccc(=O)[nH]c3=O)[C@H]3C(C)CO[C@H]32)(c2ccccc2)c2ccccc2)cc1. The number of hydrogen-bond donors (Lipinski definition) is 1. The van der Waals surface area contributed by atoms with Crippen LogP contribution in [0.25, 0.3) is 0 Å². The fourth-order valence-corrected chi connectivity index (χ4v) is 6.10. The van der Waals surface area contributed by atoms with E-state index in [0.717, 1.165) is 22.4 Å². The number of nitrogens with zero attached hydrogens (tertiary/aromatic N) is 1. The van der Waals surface area contributed by atoms with Gasteiger partial charge in [-0.1, -0.05) is 79.7 Å². The zero-order chi connectivity index (χ0) is 27.7. The van der Waals surface area contributed by atoms with Crippen molar-refractivity contribution in [2.45, 2.75) is 31.0 Å². The summed E-state index contributed by atoms with van der Waals surface area (Å²) < 4.78 is 26.7. The van der Waals surface area contributed by atoms with Gasteiger partial charge in [-0.15, -0.1) is 0 Å². The van der Waals surface area contributed by atoms with E-state index in [1.807, 2.05) is 60.7 Å². The molecule has 5 atom stereocenters. The highest BCUT2D eigenvalue weighted by Crippen LogP contribution is 2.47. The number of aromatic nitrogens is 2. The summed E-state index contributed by atoms with van der Waals surface area (Å²) in [6, 6.07) is 29.5. The molecule has 2 fully saturated rings. The standard InChI is InChI=1S/C32H32N2O6/c1-21-19-38-29-26(40-30(28(21)29)34-18-17-27(35)33-31(34)36)20-39-32(22-9-5-3-6-10-22,23-11-7-4-8-12-23)24-13-15-25(37-2)16-14-24/h3-18,21,26,28-30H,19-20H2,1-2H3,(H,33,35,36)/t21?,26-,28+,29+,30-/m1/s1. The molecule has 1 unspecified atom stereocenters. The van der Waals surface area contributed by atoms with Crippen molar-refractivity contribution in [1.29, 1.82) is 0 Å². The number of H-pyrrole nitrogens is 1. The summed E-state index contributed by atoms with van der Waals surface area (Å²) in [5.74, 6) is 0.845. The molecule has 0 bridgehead atoms. The number of ether oxygens (including phenoxy) is 4. The van der Waals surface area contributed by atoms with Crippen LogP contribution in [0.1, 0.15) is 29.8 Å². The predicted octanol–water partition coefficient (Wildman–Crippen LogP) is 4.10. The number of hydrogen-bond acceptors (Lipinski definition) is 6. The lowest BCUT2D eigenvalue weighted by Crippen LogP contribution is -2.38. The first-order valence-electron chi connectivity index (χ1n) is 13.5. The van der Waals surface area contributed by atoms with E-state index in [1.165, 1.54) is 16.8 Å². The van der Waals surface area contributed by atoms with Crippen molar-refractivity contribution < 1.29 is 18.9 Å². The smallest absolute Gasteiger partial charge is 0.330 e. The van der Waals surface area contributed by atoms with Crippen LogP contribution in [0, 0.1) is 11.8 Å². The zero-order valence-corrected chi connectivity index (χ0v) is 22.4. The molecule has 40 heavy (non-hydrogen) atoms. The van der Waals surface area contributed by atoms with Crippen molar-refractivity contribution in [3.63, 3.8) is 0 Å². The number of benzene rings is 3. The van der Waals surface area contributed by atoms with E-state index < -0.39 is 29.2 Å². The van der Waals surface area contributed by atoms with Gasteiger partial charge in [-0.2, -0.15) is 0 Å². The van der Waals surface area contributed by atoms with Crippen molar-refractivity contribution >= 4 is 0 Å². The number of methoxy groups -OCH3 is 1. The Bertz CT molecular complexity index is 1510. The van der Waals surface area contributed by atoms with E-state index in [9.17, 15) is 9.59 Å². The van der Waals surface area contributed by atoms with Gasteiger partial charge in [0.15, 0.2) is 0 Å². The monoisotopic (exact) mass is 540 g/mol. The number of fused-ring (bicyclic) bond motifs is 1. The molecule has 0 amide bonds. The van der Waals surface area contributed by atoms with Crippen LogP contribution in [0.5, 0.6) is 5.75 Å². The van der Waals surface area contributed by atoms with Gasteiger partial charge in [-0.3, -0.25) is 14.3 Å². The number of aromatic amines is 1. The van der Waals surface area contributed by atoms with Crippen LogP contribution < -0.4 is 16.0 Å². The highest BCUT2D eigenvalue weighted by atomic mass is 16.6. The molecule has 2 saturated heterocycles. The molecule has 8 heteroatoms. The van der Waals surface area contributed by atoms with E-state index in [0.29, 0.717) is 6.61 Å². The lowest BCUT2D eigenvalue weighted by Gasteiger charge is -2.37. The summed E-state index contributed by atoms with van der Waals surface area (Å²) >= 11 is 0. The molecule has 6 rings (SSSR count). The van der Waals surface area contributed by atoms with Crippen molar-refractivity contribution in [3.8, 4) is 5.75 Å². The highest BCUT2D eigenvalue weighted by Gasteiger charge is 2.53. The van der Waals surface area contributed by atoms with E-state index in [-0.39, 0.29) is 24.5 Å². The van der Waals surface area contributed by atoms with E-state index >= 15 is 0 Å². The zero-order valence-electron chi connectivity index (χ0n) is 22.4. The number of rotatable bonds is 8. The predicted molar refractivity (Wildman–Crippen MR) is 149 cm³/mol. The third-order valence-electron chi connectivity index (χ3n) is 8.04. The maximum Gasteiger partial charge on any atom is 0.330 e. The lowest BCUT2D eigenvalue weighted by atomic mass is 9.80. The van der Waals surface area contributed by atoms with Gasteiger partial charge in [-0.05, 0) is 34.7 Å². The normalized spacial score (nSPS) is 24.1. The molecule has 3 heterocycles. The van der Waals surface area contributed by atoms with Crippen molar-refractivity contribution in [3.05, 3.63) is 135 Å². The Balaban J connectivity index is 1.40. The topological polar surface area (TPSA) is 91.8 Å². The third-order valence-corrected chi connectivity index (χ3v) is 8.04. The lowest BCUT2D eigenvalue weighted by molar-refractivity contribution is -0.108. The molecule has 206 valence electrons. The maximum absolute atomic E-state index is 12.7. The Labute approximate surface area is 232 Å². The quantitative estimate of drug-likeness (QED) is 0.339. The van der Waals surface area contributed by atoms with Crippen LogP contribution in [0.15, 0.2) is 107 Å². The van der Waals surface area contributed by atoms with Crippen molar-refractivity contribution in [2.24, 2.45) is 11.8 Å². The summed E-state index contributed by atoms with van der Waals surface area (Å²) in [5.41, 5.74) is 0.976. The second-order valence-electron chi connectivity index (χ2n) is 10.4. The van der Waals surface area contributed by atoms with Crippen LogP contribution in [0.3, 0.4) is 0 Å². The summed E-state index contributed by atoms with van der Waals surface area (Å²) in [6.45, 7) is 2.86. The first-order chi connectivity index (χ1) is 19.5. The van der Waals surface area contributed by atoms with Gasteiger partial charge in [0, 0.05) is 18.2 Å². The minimum absolute atomic E-state index is 0.0685. The molecule has 4 aromatic rings. The minimum atomic E-state index is -0.954. The molecule has 2 aliphatic rings. The molecule has 8 nitrogen and oxygen atoms in total. The summed E-state index contributed by atoms with van der Waals surface area (Å²) in [6.07, 6.45) is 0.208. The minimum Gasteiger partial charge on any atom is -0.497 e. The van der Waals surface area contributed by atoms with Crippen LogP contribution >= 0.6 is 0 Å². The van der Waals surface area contributed by atoms with Gasteiger partial charge >= 0.3 is 5.69 Å². The van der Waals surface area contributed by atoms with Crippen LogP contribution in [-0.4, -0.2) is 42.1 Å². The summed E-state index contributed by atoms with van der Waals surface area (Å²) in [4.78, 5) is 26.8. The molecular formula is C32H32N2O6. The molecule has 0 spiro atoms. The maximum atomic E-state index is 12.7. The van der Waals surface area contributed by atoms with Gasteiger partial charge in [0.1, 0.15) is 23.7 Å². The summed E-state index contributed by atoms with van der Waals surface area (Å²) in [7, 11) is 1.65. The van der Waals surface area contributed by atoms with Gasteiger partial charge in [0.05, 0.1) is 26.4 Å². The third kappa shape index (κ3) is 4.58. The second kappa shape index (κ2) is 10.9. The second-order valence-corrected chi connectivity index (χ2v) is 10.4. The Kier molecular flexibility index (Phi) is 7.14. The van der Waals surface area contributed by atoms with E-state index in [1.54, 1.807) is 7.11 Å². The van der Waals surface area contributed by atoms with Crippen LogP contribution in [0.4, 0.5) is 0 Å². The fraction of sp³-hybridized carbons (Fsp3) is 0.312. The molecule has 2 aliphatic heterocycles. The van der Waals surface area contributed by atoms with Gasteiger partial charge in [0.2, 0.25) is 0 Å². The molecule has 3 aromatic carbocycles. The van der Waals surface area contributed by atoms with Crippen LogP contribution in [-0.2, 0) is 19.8 Å².